The summed E-state index contributed by atoms with van der Waals surface area (Å²) in [7, 11) is 0. The van der Waals surface area contributed by atoms with E-state index in [1.54, 1.807) is 6.07 Å². The standard InChI is InChI=1S/C10H12N2O4.ClH/c1-10(2,9(13)14)11-7-4-3-5-8(6-7)12(15)16;/h3-6,11H,1-2H3,(H,13,14);1H. The van der Waals surface area contributed by atoms with Crippen LogP contribution in [0.2, 0.25) is 0 Å². The first-order valence-electron chi connectivity index (χ1n) is 4.59. The number of hydrogen-bond donors (Lipinski definition) is 2. The third-order valence-electron chi connectivity index (χ3n) is 2.05. The van der Waals surface area contributed by atoms with Crippen molar-refractivity contribution in [3.05, 3.63) is 34.4 Å². The zero-order valence-electron chi connectivity index (χ0n) is 9.34. The summed E-state index contributed by atoms with van der Waals surface area (Å²) < 4.78 is 0. The zero-order chi connectivity index (χ0) is 12.3. The van der Waals surface area contributed by atoms with E-state index in [2.05, 4.69) is 5.32 Å². The highest BCUT2D eigenvalue weighted by atomic mass is 35.5. The predicted molar refractivity (Wildman–Crippen MR) is 65.7 cm³/mol. The van der Waals surface area contributed by atoms with Crippen LogP contribution in [0.5, 0.6) is 0 Å². The van der Waals surface area contributed by atoms with Gasteiger partial charge in [-0.2, -0.15) is 0 Å². The molecule has 0 aromatic heterocycles. The van der Waals surface area contributed by atoms with Gasteiger partial charge < -0.3 is 10.4 Å². The number of carbonyl (C=O) groups is 1. The molecule has 0 aliphatic rings. The van der Waals surface area contributed by atoms with E-state index >= 15 is 0 Å². The normalized spacial score (nSPS) is 10.2. The fourth-order valence-electron chi connectivity index (χ4n) is 1.11. The lowest BCUT2D eigenvalue weighted by atomic mass is 10.1. The Morgan fingerprint density at radius 2 is 2.06 bits per heavy atom. The highest BCUT2D eigenvalue weighted by Gasteiger charge is 2.26. The number of nitro benzene ring substituents is 1. The summed E-state index contributed by atoms with van der Waals surface area (Å²) in [5, 5.41) is 22.1. The largest absolute Gasteiger partial charge is 0.480 e. The van der Waals surface area contributed by atoms with Crippen LogP contribution in [0.15, 0.2) is 24.3 Å². The van der Waals surface area contributed by atoms with Gasteiger partial charge in [-0.25, -0.2) is 4.79 Å². The average Bonchev–Trinajstić information content (AvgIpc) is 2.17. The first kappa shape index (κ1) is 15.2. The van der Waals surface area contributed by atoms with Gasteiger partial charge in [0.15, 0.2) is 0 Å². The van der Waals surface area contributed by atoms with Crippen LogP contribution < -0.4 is 5.32 Å². The van der Waals surface area contributed by atoms with Gasteiger partial charge in [0, 0.05) is 17.8 Å². The fourth-order valence-corrected chi connectivity index (χ4v) is 1.11. The first-order valence-corrected chi connectivity index (χ1v) is 4.59. The molecular formula is C10H13ClN2O4. The molecule has 0 saturated carbocycles. The van der Waals surface area contributed by atoms with Crippen LogP contribution in [0.25, 0.3) is 0 Å². The second kappa shape index (κ2) is 5.49. The van der Waals surface area contributed by atoms with Crippen molar-refractivity contribution in [2.45, 2.75) is 19.4 Å². The summed E-state index contributed by atoms with van der Waals surface area (Å²) in [5.41, 5.74) is -0.845. The number of anilines is 1. The molecule has 6 nitrogen and oxygen atoms in total. The summed E-state index contributed by atoms with van der Waals surface area (Å²) in [6.07, 6.45) is 0. The lowest BCUT2D eigenvalue weighted by Crippen LogP contribution is -2.39. The molecule has 0 amide bonds. The number of benzene rings is 1. The Kier molecular flexibility index (Phi) is 4.90. The summed E-state index contributed by atoms with van der Waals surface area (Å²) in [4.78, 5) is 20.8. The molecule has 0 aliphatic carbocycles. The summed E-state index contributed by atoms with van der Waals surface area (Å²) in [6.45, 7) is 2.96. The van der Waals surface area contributed by atoms with Crippen molar-refractivity contribution in [2.24, 2.45) is 0 Å². The maximum absolute atomic E-state index is 10.8. The minimum absolute atomic E-state index is 0. The predicted octanol–water partition coefficient (Wildman–Crippen LogP) is 2.29. The van der Waals surface area contributed by atoms with Gasteiger partial charge in [0.05, 0.1) is 4.92 Å². The van der Waals surface area contributed by atoms with Gasteiger partial charge in [0.25, 0.3) is 5.69 Å². The smallest absolute Gasteiger partial charge is 0.328 e. The summed E-state index contributed by atoms with van der Waals surface area (Å²) in [6, 6.07) is 5.72. The van der Waals surface area contributed by atoms with E-state index in [1.807, 2.05) is 0 Å². The number of hydrogen-bond acceptors (Lipinski definition) is 4. The number of carboxylic acid groups (broad SMARTS) is 1. The number of non-ortho nitro benzene ring substituents is 1. The van der Waals surface area contributed by atoms with Gasteiger partial charge in [-0.3, -0.25) is 10.1 Å². The Morgan fingerprint density at radius 3 is 2.53 bits per heavy atom. The van der Waals surface area contributed by atoms with E-state index in [9.17, 15) is 14.9 Å². The summed E-state index contributed by atoms with van der Waals surface area (Å²) in [5.74, 6) is -1.03. The number of carboxylic acids is 1. The SMILES string of the molecule is CC(C)(Nc1cccc([N+](=O)[O-])c1)C(=O)O.Cl. The molecular weight excluding hydrogens is 248 g/mol. The van der Waals surface area contributed by atoms with Crippen molar-refractivity contribution in [2.75, 3.05) is 5.32 Å². The maximum Gasteiger partial charge on any atom is 0.328 e. The molecule has 0 atom stereocenters. The van der Waals surface area contributed by atoms with Crippen molar-refractivity contribution in [3.63, 3.8) is 0 Å². The minimum Gasteiger partial charge on any atom is -0.480 e. The quantitative estimate of drug-likeness (QED) is 0.640. The van der Waals surface area contributed by atoms with E-state index in [0.717, 1.165) is 0 Å². The van der Waals surface area contributed by atoms with Crippen molar-refractivity contribution < 1.29 is 14.8 Å². The van der Waals surface area contributed by atoms with Gasteiger partial charge in [-0.05, 0) is 19.9 Å². The topological polar surface area (TPSA) is 92.5 Å². The minimum atomic E-state index is -1.17. The third kappa shape index (κ3) is 3.92. The number of rotatable bonds is 4. The molecule has 0 radical (unpaired) electrons. The van der Waals surface area contributed by atoms with Crippen LogP contribution in [-0.2, 0) is 4.79 Å². The summed E-state index contributed by atoms with van der Waals surface area (Å²) >= 11 is 0. The Hall–Kier alpha value is -1.82. The highest BCUT2D eigenvalue weighted by molar-refractivity contribution is 5.85. The van der Waals surface area contributed by atoms with Gasteiger partial charge in [-0.1, -0.05) is 6.07 Å². The molecule has 1 aromatic rings. The molecule has 7 heteroatoms. The molecule has 0 bridgehead atoms. The number of nitrogens with one attached hydrogen (secondary N) is 1. The number of halogens is 1. The molecule has 1 rings (SSSR count). The molecule has 0 saturated heterocycles. The Bertz CT molecular complexity index is 434. The van der Waals surface area contributed by atoms with Crippen LogP contribution in [0.4, 0.5) is 11.4 Å². The lowest BCUT2D eigenvalue weighted by molar-refractivity contribution is -0.384. The Morgan fingerprint density at radius 1 is 1.47 bits per heavy atom. The molecule has 0 unspecified atom stereocenters. The Labute approximate surface area is 104 Å². The van der Waals surface area contributed by atoms with Crippen LogP contribution in [-0.4, -0.2) is 21.5 Å². The monoisotopic (exact) mass is 260 g/mol. The van der Waals surface area contributed by atoms with E-state index in [1.165, 1.54) is 32.0 Å². The zero-order valence-corrected chi connectivity index (χ0v) is 10.2. The van der Waals surface area contributed by atoms with E-state index in [-0.39, 0.29) is 18.1 Å². The second-order valence-corrected chi connectivity index (χ2v) is 3.86. The molecule has 17 heavy (non-hydrogen) atoms. The number of nitrogens with zero attached hydrogens (tertiary/aromatic N) is 1. The number of nitro groups is 1. The van der Waals surface area contributed by atoms with Crippen LogP contribution in [0.3, 0.4) is 0 Å². The van der Waals surface area contributed by atoms with Crippen molar-refractivity contribution in [1.29, 1.82) is 0 Å². The first-order chi connectivity index (χ1) is 7.33. The maximum atomic E-state index is 10.8. The van der Waals surface area contributed by atoms with Gasteiger partial charge in [0.1, 0.15) is 5.54 Å². The van der Waals surface area contributed by atoms with Crippen molar-refractivity contribution in [3.8, 4) is 0 Å². The van der Waals surface area contributed by atoms with Crippen molar-refractivity contribution >= 4 is 29.8 Å². The highest BCUT2D eigenvalue weighted by Crippen LogP contribution is 2.20. The second-order valence-electron chi connectivity index (χ2n) is 3.86. The number of aliphatic carboxylic acids is 1. The molecule has 2 N–H and O–H groups in total. The fraction of sp³-hybridized carbons (Fsp3) is 0.300. The van der Waals surface area contributed by atoms with Crippen LogP contribution in [0.1, 0.15) is 13.8 Å². The van der Waals surface area contributed by atoms with Gasteiger partial charge in [0.2, 0.25) is 0 Å². The molecule has 1 aromatic carbocycles. The van der Waals surface area contributed by atoms with Crippen LogP contribution in [0, 0.1) is 10.1 Å². The molecule has 0 spiro atoms. The average molecular weight is 261 g/mol. The molecule has 0 fully saturated rings. The van der Waals surface area contributed by atoms with E-state index < -0.39 is 16.4 Å². The van der Waals surface area contributed by atoms with E-state index in [0.29, 0.717) is 5.69 Å². The lowest BCUT2D eigenvalue weighted by Gasteiger charge is -2.22. The molecule has 0 aliphatic heterocycles. The van der Waals surface area contributed by atoms with Crippen molar-refractivity contribution in [1.82, 2.24) is 0 Å². The van der Waals surface area contributed by atoms with E-state index in [4.69, 9.17) is 5.11 Å². The third-order valence-corrected chi connectivity index (χ3v) is 2.05. The van der Waals surface area contributed by atoms with Gasteiger partial charge in [-0.15, -0.1) is 12.4 Å². The Balaban J connectivity index is 0.00000256. The van der Waals surface area contributed by atoms with Gasteiger partial charge >= 0.3 is 5.97 Å². The van der Waals surface area contributed by atoms with Crippen LogP contribution >= 0.6 is 12.4 Å². The molecule has 0 heterocycles. The molecule has 94 valence electrons.